The van der Waals surface area contributed by atoms with Gasteiger partial charge in [-0.15, -0.1) is 0 Å². The third-order valence-electron chi connectivity index (χ3n) is 5.18. The van der Waals surface area contributed by atoms with Crippen molar-refractivity contribution in [2.45, 2.75) is 58.3 Å². The van der Waals surface area contributed by atoms with Crippen LogP contribution in [0.15, 0.2) is 24.3 Å². The van der Waals surface area contributed by atoms with Gasteiger partial charge in [-0.25, -0.2) is 0 Å². The van der Waals surface area contributed by atoms with E-state index in [1.807, 2.05) is 12.1 Å². The molecule has 118 valence electrons. The number of halogens is 1. The van der Waals surface area contributed by atoms with Gasteiger partial charge in [0.25, 0.3) is 0 Å². The quantitative estimate of drug-likeness (QED) is 0.704. The highest BCUT2D eigenvalue weighted by Crippen LogP contribution is 2.42. The Labute approximate surface area is 135 Å². The third-order valence-corrected chi connectivity index (χ3v) is 5.43. The maximum absolute atomic E-state index is 6.01. The van der Waals surface area contributed by atoms with Crippen molar-refractivity contribution in [3.8, 4) is 0 Å². The molecule has 1 aliphatic carbocycles. The Morgan fingerprint density at radius 2 is 1.86 bits per heavy atom. The van der Waals surface area contributed by atoms with Gasteiger partial charge in [0, 0.05) is 11.6 Å². The molecule has 2 heteroatoms. The first kappa shape index (κ1) is 16.8. The fraction of sp³-hybridized carbons (Fsp3) is 0.684. The van der Waals surface area contributed by atoms with Crippen molar-refractivity contribution in [2.24, 2.45) is 11.3 Å². The lowest BCUT2D eigenvalue weighted by Crippen LogP contribution is -2.38. The van der Waals surface area contributed by atoms with Crippen molar-refractivity contribution >= 4 is 11.6 Å². The van der Waals surface area contributed by atoms with Crippen molar-refractivity contribution < 1.29 is 0 Å². The SMILES string of the molecule is CCCCC1CCC(CNC)(Cc2ccc(Cl)cc2)CC1. The fourth-order valence-electron chi connectivity index (χ4n) is 3.90. The molecule has 0 saturated heterocycles. The van der Waals surface area contributed by atoms with Gasteiger partial charge in [-0.05, 0) is 68.2 Å². The van der Waals surface area contributed by atoms with Crippen LogP contribution in [0.4, 0.5) is 0 Å². The van der Waals surface area contributed by atoms with E-state index in [0.29, 0.717) is 5.41 Å². The molecule has 0 aliphatic heterocycles. The monoisotopic (exact) mass is 307 g/mol. The van der Waals surface area contributed by atoms with Crippen molar-refractivity contribution in [2.75, 3.05) is 13.6 Å². The molecular formula is C19H30ClN. The highest BCUT2D eigenvalue weighted by molar-refractivity contribution is 6.30. The van der Waals surface area contributed by atoms with E-state index in [2.05, 4.69) is 31.4 Å². The Morgan fingerprint density at radius 1 is 1.19 bits per heavy atom. The van der Waals surface area contributed by atoms with Crippen LogP contribution in [0, 0.1) is 11.3 Å². The average molecular weight is 308 g/mol. The summed E-state index contributed by atoms with van der Waals surface area (Å²) < 4.78 is 0. The van der Waals surface area contributed by atoms with Gasteiger partial charge >= 0.3 is 0 Å². The number of hydrogen-bond donors (Lipinski definition) is 1. The zero-order chi connectivity index (χ0) is 15.1. The van der Waals surface area contributed by atoms with Crippen LogP contribution >= 0.6 is 11.6 Å². The highest BCUT2D eigenvalue weighted by Gasteiger charge is 2.34. The molecule has 0 spiro atoms. The Balaban J connectivity index is 1.96. The maximum Gasteiger partial charge on any atom is 0.0406 e. The molecule has 21 heavy (non-hydrogen) atoms. The van der Waals surface area contributed by atoms with Crippen molar-refractivity contribution in [1.29, 1.82) is 0 Å². The second kappa shape index (κ2) is 8.19. The zero-order valence-corrected chi connectivity index (χ0v) is 14.4. The average Bonchev–Trinajstić information content (AvgIpc) is 2.50. The van der Waals surface area contributed by atoms with Crippen LogP contribution in [0.25, 0.3) is 0 Å². The number of nitrogens with one attached hydrogen (secondary N) is 1. The molecule has 1 aliphatic rings. The molecule has 2 rings (SSSR count). The Morgan fingerprint density at radius 3 is 2.43 bits per heavy atom. The summed E-state index contributed by atoms with van der Waals surface area (Å²) in [6, 6.07) is 8.44. The smallest absolute Gasteiger partial charge is 0.0406 e. The standard InChI is InChI=1S/C19H30ClN/c1-3-4-5-16-10-12-19(13-11-16,15-21-2)14-17-6-8-18(20)9-7-17/h6-9,16,21H,3-5,10-15H2,1-2H3. The first-order chi connectivity index (χ1) is 10.2. The lowest BCUT2D eigenvalue weighted by molar-refractivity contribution is 0.141. The van der Waals surface area contributed by atoms with E-state index in [-0.39, 0.29) is 0 Å². The molecule has 0 bridgehead atoms. The largest absolute Gasteiger partial charge is 0.319 e. The van der Waals surface area contributed by atoms with E-state index in [1.165, 1.54) is 56.9 Å². The van der Waals surface area contributed by atoms with E-state index in [0.717, 1.165) is 17.5 Å². The van der Waals surface area contributed by atoms with Crippen LogP contribution in [0.2, 0.25) is 5.02 Å². The summed E-state index contributed by atoms with van der Waals surface area (Å²) in [6.07, 6.45) is 10.9. The molecule has 1 saturated carbocycles. The molecule has 1 N–H and O–H groups in total. The summed E-state index contributed by atoms with van der Waals surface area (Å²) in [6.45, 7) is 3.44. The van der Waals surface area contributed by atoms with Crippen LogP contribution < -0.4 is 5.32 Å². The zero-order valence-electron chi connectivity index (χ0n) is 13.6. The number of benzene rings is 1. The van der Waals surface area contributed by atoms with Crippen LogP contribution in [0.1, 0.15) is 57.4 Å². The van der Waals surface area contributed by atoms with E-state index in [9.17, 15) is 0 Å². The fourth-order valence-corrected chi connectivity index (χ4v) is 4.02. The van der Waals surface area contributed by atoms with Crippen LogP contribution in [0.5, 0.6) is 0 Å². The van der Waals surface area contributed by atoms with Gasteiger partial charge in [-0.3, -0.25) is 0 Å². The number of unbranched alkanes of at least 4 members (excludes halogenated alkanes) is 1. The first-order valence-electron chi connectivity index (χ1n) is 8.56. The lowest BCUT2D eigenvalue weighted by Gasteiger charge is -2.40. The van der Waals surface area contributed by atoms with Crippen LogP contribution in [-0.2, 0) is 6.42 Å². The summed E-state index contributed by atoms with van der Waals surface area (Å²) in [5, 5.41) is 4.28. The van der Waals surface area contributed by atoms with Crippen molar-refractivity contribution in [3.63, 3.8) is 0 Å². The van der Waals surface area contributed by atoms with Gasteiger partial charge in [-0.1, -0.05) is 49.9 Å². The topological polar surface area (TPSA) is 12.0 Å². The molecule has 1 aromatic rings. The molecule has 0 unspecified atom stereocenters. The Bertz CT molecular complexity index is 404. The van der Waals surface area contributed by atoms with Gasteiger partial charge in [0.05, 0.1) is 0 Å². The summed E-state index contributed by atoms with van der Waals surface area (Å²) in [5.41, 5.74) is 1.88. The minimum Gasteiger partial charge on any atom is -0.319 e. The van der Waals surface area contributed by atoms with E-state index < -0.39 is 0 Å². The molecule has 0 atom stereocenters. The van der Waals surface area contributed by atoms with Crippen LogP contribution in [0.3, 0.4) is 0 Å². The van der Waals surface area contributed by atoms with Crippen LogP contribution in [-0.4, -0.2) is 13.6 Å². The van der Waals surface area contributed by atoms with Gasteiger partial charge in [0.1, 0.15) is 0 Å². The summed E-state index contributed by atoms with van der Waals surface area (Å²) in [5.74, 6) is 0.972. The summed E-state index contributed by atoms with van der Waals surface area (Å²) in [4.78, 5) is 0. The Hall–Kier alpha value is -0.530. The van der Waals surface area contributed by atoms with E-state index in [1.54, 1.807) is 0 Å². The summed E-state index contributed by atoms with van der Waals surface area (Å²) >= 11 is 6.01. The molecule has 0 radical (unpaired) electrons. The predicted molar refractivity (Wildman–Crippen MR) is 93.0 cm³/mol. The normalized spacial score (nSPS) is 26.0. The Kier molecular flexibility index (Phi) is 6.57. The molecule has 0 heterocycles. The molecule has 0 amide bonds. The second-order valence-electron chi connectivity index (χ2n) is 6.92. The highest BCUT2D eigenvalue weighted by atomic mass is 35.5. The van der Waals surface area contributed by atoms with Crippen molar-refractivity contribution in [1.82, 2.24) is 5.32 Å². The van der Waals surface area contributed by atoms with Gasteiger partial charge < -0.3 is 5.32 Å². The number of rotatable bonds is 7. The second-order valence-corrected chi connectivity index (χ2v) is 7.36. The maximum atomic E-state index is 6.01. The minimum absolute atomic E-state index is 0.450. The first-order valence-corrected chi connectivity index (χ1v) is 8.94. The minimum atomic E-state index is 0.450. The van der Waals surface area contributed by atoms with Crippen molar-refractivity contribution in [3.05, 3.63) is 34.9 Å². The molecular weight excluding hydrogens is 278 g/mol. The van der Waals surface area contributed by atoms with Gasteiger partial charge in [0.15, 0.2) is 0 Å². The van der Waals surface area contributed by atoms with E-state index in [4.69, 9.17) is 11.6 Å². The molecule has 1 nitrogen and oxygen atoms in total. The predicted octanol–water partition coefficient (Wildman–Crippen LogP) is 5.47. The van der Waals surface area contributed by atoms with Gasteiger partial charge in [0.2, 0.25) is 0 Å². The molecule has 1 fully saturated rings. The molecule has 0 aromatic heterocycles. The lowest BCUT2D eigenvalue weighted by atomic mass is 9.66. The van der Waals surface area contributed by atoms with E-state index >= 15 is 0 Å². The third kappa shape index (κ3) is 5.00. The summed E-state index contributed by atoms with van der Waals surface area (Å²) in [7, 11) is 2.09. The number of hydrogen-bond acceptors (Lipinski definition) is 1. The molecule has 1 aromatic carbocycles. The van der Waals surface area contributed by atoms with Gasteiger partial charge in [-0.2, -0.15) is 0 Å².